The highest BCUT2D eigenvalue weighted by Crippen LogP contribution is 2.29. The molecule has 5 heterocycles. The van der Waals surface area contributed by atoms with Crippen LogP contribution in [-0.2, 0) is 4.74 Å². The zero-order valence-corrected chi connectivity index (χ0v) is 20.2. The van der Waals surface area contributed by atoms with Gasteiger partial charge in [0, 0.05) is 50.7 Å². The van der Waals surface area contributed by atoms with E-state index in [1.54, 1.807) is 42.9 Å². The van der Waals surface area contributed by atoms with Crippen LogP contribution < -0.4 is 15.1 Å². The van der Waals surface area contributed by atoms with Crippen LogP contribution in [0, 0.1) is 0 Å². The summed E-state index contributed by atoms with van der Waals surface area (Å²) < 4.78 is 35.1. The number of nitrogens with zero attached hydrogens (tertiary/aromatic N) is 8. The summed E-state index contributed by atoms with van der Waals surface area (Å²) in [6.45, 7) is 4.06. The van der Waals surface area contributed by atoms with Crippen molar-refractivity contribution in [2.45, 2.75) is 25.3 Å². The predicted molar refractivity (Wildman–Crippen MR) is 136 cm³/mol. The Kier molecular flexibility index (Phi) is 6.47. The second kappa shape index (κ2) is 10.2. The molecule has 0 radical (unpaired) electrons. The number of aromatic nitrogens is 6. The van der Waals surface area contributed by atoms with E-state index in [0.29, 0.717) is 61.5 Å². The van der Waals surface area contributed by atoms with Gasteiger partial charge in [0.15, 0.2) is 5.82 Å². The fourth-order valence-corrected chi connectivity index (χ4v) is 4.93. The molecule has 3 aromatic heterocycles. The third-order valence-electron chi connectivity index (χ3n) is 6.67. The Hall–Kier alpha value is -3.93. The minimum Gasteiger partial charge on any atom is -0.378 e. The molecule has 12 heteroatoms. The van der Waals surface area contributed by atoms with Crippen molar-refractivity contribution in [2.24, 2.45) is 0 Å². The molecule has 1 N–H and O–H groups in total. The molecular weight excluding hydrogens is 480 g/mol. The lowest BCUT2D eigenvalue weighted by Gasteiger charge is -2.34. The standard InChI is InChI=1S/C25H27F2N9O/c26-23(27)24-31-18-5-1-2-6-19(18)36(24)21-14-20(34-10-12-37-13-11-34)32-25(33-21)30-17-4-3-9-35(16-17)22-15-28-7-8-29-22/h1-2,5-8,14-15,17,23H,3-4,9-13,16H2,(H,30,32,33)/t17-/m0/s1. The zero-order valence-electron chi connectivity index (χ0n) is 20.2. The normalized spacial score (nSPS) is 18.5. The average Bonchev–Trinajstić information content (AvgIpc) is 3.34. The van der Waals surface area contributed by atoms with E-state index in [1.807, 2.05) is 6.07 Å². The van der Waals surface area contributed by atoms with Gasteiger partial charge in [-0.1, -0.05) is 12.1 Å². The topological polar surface area (TPSA) is 97.1 Å². The Labute approximate surface area is 212 Å². The molecule has 37 heavy (non-hydrogen) atoms. The van der Waals surface area contributed by atoms with Crippen LogP contribution >= 0.6 is 0 Å². The fraction of sp³-hybridized carbons (Fsp3) is 0.400. The summed E-state index contributed by atoms with van der Waals surface area (Å²) in [6.07, 6.45) is 4.22. The van der Waals surface area contributed by atoms with Crippen molar-refractivity contribution in [3.63, 3.8) is 0 Å². The van der Waals surface area contributed by atoms with Crippen LogP contribution in [-0.4, -0.2) is 74.9 Å². The van der Waals surface area contributed by atoms with Gasteiger partial charge < -0.3 is 19.9 Å². The maximum absolute atomic E-state index is 14.1. The molecule has 192 valence electrons. The molecule has 10 nitrogen and oxygen atoms in total. The van der Waals surface area contributed by atoms with Crippen LogP contribution in [0.3, 0.4) is 0 Å². The van der Waals surface area contributed by atoms with E-state index in [4.69, 9.17) is 14.7 Å². The van der Waals surface area contributed by atoms with E-state index in [-0.39, 0.29) is 11.9 Å². The summed E-state index contributed by atoms with van der Waals surface area (Å²) in [6, 6.07) is 8.90. The highest BCUT2D eigenvalue weighted by Gasteiger charge is 2.25. The first-order chi connectivity index (χ1) is 18.2. The number of nitrogens with one attached hydrogen (secondary N) is 1. The SMILES string of the molecule is FC(F)c1nc2ccccc2n1-c1cc(N2CCOCC2)nc(N[C@H]2CCCN(c3cnccn3)C2)n1. The number of rotatable bonds is 6. The first-order valence-corrected chi connectivity index (χ1v) is 12.4. The number of hydrogen-bond acceptors (Lipinski definition) is 9. The maximum atomic E-state index is 14.1. The molecule has 2 saturated heterocycles. The van der Waals surface area contributed by atoms with Gasteiger partial charge in [0.25, 0.3) is 6.43 Å². The lowest BCUT2D eigenvalue weighted by Crippen LogP contribution is -2.43. The van der Waals surface area contributed by atoms with E-state index >= 15 is 0 Å². The number of fused-ring (bicyclic) bond motifs is 1. The Morgan fingerprint density at radius 1 is 0.946 bits per heavy atom. The predicted octanol–water partition coefficient (Wildman–Crippen LogP) is 3.46. The Morgan fingerprint density at radius 2 is 1.78 bits per heavy atom. The maximum Gasteiger partial charge on any atom is 0.296 e. The molecule has 0 aliphatic carbocycles. The van der Waals surface area contributed by atoms with Crippen LogP contribution in [0.1, 0.15) is 25.1 Å². The van der Waals surface area contributed by atoms with Crippen LogP contribution in [0.5, 0.6) is 0 Å². The number of hydrogen-bond donors (Lipinski definition) is 1. The fourth-order valence-electron chi connectivity index (χ4n) is 4.93. The highest BCUT2D eigenvalue weighted by atomic mass is 19.3. The first kappa shape index (κ1) is 23.5. The van der Waals surface area contributed by atoms with Gasteiger partial charge in [0.05, 0.1) is 30.4 Å². The third kappa shape index (κ3) is 4.88. The molecule has 4 aromatic rings. The van der Waals surface area contributed by atoms with Crippen molar-refractivity contribution in [2.75, 3.05) is 54.5 Å². The number of ether oxygens (including phenoxy) is 1. The van der Waals surface area contributed by atoms with Gasteiger partial charge in [-0.25, -0.2) is 18.7 Å². The number of piperidine rings is 1. The minimum absolute atomic E-state index is 0.0534. The summed E-state index contributed by atoms with van der Waals surface area (Å²) in [5.74, 6) is 1.89. The van der Waals surface area contributed by atoms with E-state index in [9.17, 15) is 8.78 Å². The lowest BCUT2D eigenvalue weighted by molar-refractivity contribution is 0.122. The number of morpholine rings is 1. The van der Waals surface area contributed by atoms with Crippen molar-refractivity contribution < 1.29 is 13.5 Å². The average molecular weight is 508 g/mol. The Balaban J connectivity index is 1.37. The summed E-state index contributed by atoms with van der Waals surface area (Å²) in [5.41, 5.74) is 1.06. The molecule has 0 bridgehead atoms. The Morgan fingerprint density at radius 3 is 2.59 bits per heavy atom. The molecule has 1 atom stereocenters. The molecule has 2 aliphatic rings. The summed E-state index contributed by atoms with van der Waals surface area (Å²) in [7, 11) is 0. The van der Waals surface area contributed by atoms with Crippen molar-refractivity contribution >= 4 is 28.6 Å². The van der Waals surface area contributed by atoms with Crippen molar-refractivity contribution in [3.8, 4) is 5.82 Å². The molecular formula is C25H27F2N9O. The number of benzene rings is 1. The smallest absolute Gasteiger partial charge is 0.296 e. The van der Waals surface area contributed by atoms with E-state index in [2.05, 4.69) is 30.1 Å². The lowest BCUT2D eigenvalue weighted by atomic mass is 10.1. The molecule has 2 fully saturated rings. The van der Waals surface area contributed by atoms with E-state index < -0.39 is 6.43 Å². The number of halogens is 2. The van der Waals surface area contributed by atoms with Gasteiger partial charge in [-0.3, -0.25) is 9.55 Å². The quantitative estimate of drug-likeness (QED) is 0.421. The van der Waals surface area contributed by atoms with Crippen molar-refractivity contribution in [3.05, 3.63) is 54.7 Å². The van der Waals surface area contributed by atoms with Gasteiger partial charge in [-0.15, -0.1) is 0 Å². The molecule has 6 rings (SSSR count). The van der Waals surface area contributed by atoms with Gasteiger partial charge in [0.1, 0.15) is 17.5 Å². The van der Waals surface area contributed by atoms with Crippen LogP contribution in [0.2, 0.25) is 0 Å². The third-order valence-corrected chi connectivity index (χ3v) is 6.67. The van der Waals surface area contributed by atoms with Crippen LogP contribution in [0.15, 0.2) is 48.9 Å². The largest absolute Gasteiger partial charge is 0.378 e. The monoisotopic (exact) mass is 507 g/mol. The van der Waals surface area contributed by atoms with E-state index in [0.717, 1.165) is 25.2 Å². The number of para-hydroxylation sites is 2. The summed E-state index contributed by atoms with van der Waals surface area (Å²) in [4.78, 5) is 26.6. The van der Waals surface area contributed by atoms with Crippen molar-refractivity contribution in [1.82, 2.24) is 29.5 Å². The van der Waals surface area contributed by atoms with Gasteiger partial charge >= 0.3 is 0 Å². The number of anilines is 3. The molecule has 0 unspecified atom stereocenters. The van der Waals surface area contributed by atoms with Crippen molar-refractivity contribution in [1.29, 1.82) is 0 Å². The van der Waals surface area contributed by atoms with Gasteiger partial charge in [-0.2, -0.15) is 9.97 Å². The molecule has 1 aromatic carbocycles. The minimum atomic E-state index is -2.76. The zero-order chi connectivity index (χ0) is 25.2. The molecule has 2 aliphatic heterocycles. The van der Waals surface area contributed by atoms with Crippen LogP contribution in [0.25, 0.3) is 16.9 Å². The molecule has 0 spiro atoms. The second-order valence-corrected chi connectivity index (χ2v) is 9.10. The van der Waals surface area contributed by atoms with E-state index in [1.165, 1.54) is 4.57 Å². The van der Waals surface area contributed by atoms with Gasteiger partial charge in [0.2, 0.25) is 5.95 Å². The summed E-state index contributed by atoms with van der Waals surface area (Å²) >= 11 is 0. The molecule has 0 saturated carbocycles. The van der Waals surface area contributed by atoms with Gasteiger partial charge in [-0.05, 0) is 25.0 Å². The second-order valence-electron chi connectivity index (χ2n) is 9.10. The number of alkyl halides is 2. The highest BCUT2D eigenvalue weighted by molar-refractivity contribution is 5.78. The Bertz CT molecular complexity index is 1360. The van der Waals surface area contributed by atoms with Crippen LogP contribution in [0.4, 0.5) is 26.4 Å². The first-order valence-electron chi connectivity index (χ1n) is 12.4. The summed E-state index contributed by atoms with van der Waals surface area (Å²) in [5, 5.41) is 3.47. The number of imidazole rings is 1. The molecule has 0 amide bonds.